The van der Waals surface area contributed by atoms with Crippen molar-refractivity contribution in [2.75, 3.05) is 27.0 Å². The van der Waals surface area contributed by atoms with Gasteiger partial charge in [0.1, 0.15) is 5.54 Å². The number of carbonyl (C=O) groups excluding carboxylic acids is 4. The van der Waals surface area contributed by atoms with Crippen LogP contribution in [0.4, 0.5) is 17.1 Å². The second kappa shape index (κ2) is 7.78. The molecule has 0 aliphatic carbocycles. The molecular formula is C24H23BrN4O4. The Morgan fingerprint density at radius 2 is 1.79 bits per heavy atom. The van der Waals surface area contributed by atoms with Gasteiger partial charge in [0.05, 0.1) is 17.5 Å². The molecule has 3 aliphatic heterocycles. The number of halogens is 1. The number of nitrogens with zero attached hydrogens (tertiary/aromatic N) is 2. The smallest absolute Gasteiger partial charge is 0.252 e. The lowest BCUT2D eigenvalue weighted by Crippen LogP contribution is -2.55. The molecule has 4 atom stereocenters. The molecule has 8 nitrogen and oxygen atoms in total. The van der Waals surface area contributed by atoms with Crippen LogP contribution in [0, 0.1) is 11.8 Å². The van der Waals surface area contributed by atoms with Crippen molar-refractivity contribution >= 4 is 56.6 Å². The number of fused-ring (bicyclic) bond motifs is 4. The maximum absolute atomic E-state index is 13.8. The van der Waals surface area contributed by atoms with Gasteiger partial charge in [0, 0.05) is 41.8 Å². The number of carbonyl (C=O) groups is 4. The molecule has 2 aromatic rings. The predicted molar refractivity (Wildman–Crippen MR) is 127 cm³/mol. The molecule has 4 amide bonds. The molecule has 5 rings (SSSR count). The summed E-state index contributed by atoms with van der Waals surface area (Å²) in [7, 11) is 0. The Bertz CT molecular complexity index is 1180. The number of alkyl halides is 1. The Hall–Kier alpha value is -3.04. The van der Waals surface area contributed by atoms with E-state index < -0.39 is 23.3 Å². The summed E-state index contributed by atoms with van der Waals surface area (Å²) in [6.07, 6.45) is 0. The highest BCUT2D eigenvalue weighted by molar-refractivity contribution is 9.09. The minimum Gasteiger partial charge on any atom is -0.326 e. The molecular weight excluding hydrogens is 488 g/mol. The van der Waals surface area contributed by atoms with Crippen molar-refractivity contribution < 1.29 is 19.2 Å². The quantitative estimate of drug-likeness (QED) is 0.486. The maximum Gasteiger partial charge on any atom is 0.252 e. The van der Waals surface area contributed by atoms with Crippen molar-refractivity contribution in [3.63, 3.8) is 0 Å². The molecule has 3 aliphatic rings. The van der Waals surface area contributed by atoms with Crippen molar-refractivity contribution in [3.05, 3.63) is 54.1 Å². The van der Waals surface area contributed by atoms with Gasteiger partial charge in [-0.25, -0.2) is 4.90 Å². The summed E-state index contributed by atoms with van der Waals surface area (Å²) in [5, 5.41) is 6.63. The summed E-state index contributed by atoms with van der Waals surface area (Å²) in [6.45, 7) is 3.72. The van der Waals surface area contributed by atoms with Crippen LogP contribution < -0.4 is 20.4 Å². The first kappa shape index (κ1) is 21.8. The van der Waals surface area contributed by atoms with Crippen LogP contribution >= 0.6 is 15.9 Å². The lowest BCUT2D eigenvalue weighted by Gasteiger charge is -2.30. The van der Waals surface area contributed by atoms with E-state index in [4.69, 9.17) is 0 Å². The third kappa shape index (κ3) is 2.99. The third-order valence-corrected chi connectivity index (χ3v) is 7.12. The van der Waals surface area contributed by atoms with E-state index in [1.807, 2.05) is 31.2 Å². The zero-order chi connectivity index (χ0) is 23.5. The van der Waals surface area contributed by atoms with Crippen LogP contribution in [0.2, 0.25) is 0 Å². The first-order chi connectivity index (χ1) is 15.8. The van der Waals surface area contributed by atoms with E-state index in [0.717, 1.165) is 11.3 Å². The summed E-state index contributed by atoms with van der Waals surface area (Å²) < 4.78 is 0. The normalized spacial score (nSPS) is 28.0. The van der Waals surface area contributed by atoms with Gasteiger partial charge in [-0.05, 0) is 37.3 Å². The fraction of sp³-hybridized carbons (Fsp3) is 0.333. The van der Waals surface area contributed by atoms with Gasteiger partial charge < -0.3 is 10.2 Å². The number of rotatable bonds is 4. The number of para-hydroxylation sites is 1. The summed E-state index contributed by atoms with van der Waals surface area (Å²) >= 11 is 3.42. The second-order valence-corrected chi connectivity index (χ2v) is 9.44. The van der Waals surface area contributed by atoms with E-state index in [1.54, 1.807) is 29.2 Å². The monoisotopic (exact) mass is 510 g/mol. The number of amides is 4. The van der Waals surface area contributed by atoms with Gasteiger partial charge in [0.2, 0.25) is 17.7 Å². The Morgan fingerprint density at radius 3 is 2.45 bits per heavy atom. The van der Waals surface area contributed by atoms with E-state index in [9.17, 15) is 19.2 Å². The molecule has 1 spiro atoms. The summed E-state index contributed by atoms with van der Waals surface area (Å²) in [4.78, 5) is 55.3. The van der Waals surface area contributed by atoms with Gasteiger partial charge in [-0.2, -0.15) is 0 Å². The van der Waals surface area contributed by atoms with Gasteiger partial charge in [-0.1, -0.05) is 34.1 Å². The zero-order valence-corrected chi connectivity index (χ0v) is 19.8. The van der Waals surface area contributed by atoms with Gasteiger partial charge in [-0.3, -0.25) is 24.5 Å². The average Bonchev–Trinajstić information content (AvgIpc) is 3.33. The summed E-state index contributed by atoms with van der Waals surface area (Å²) in [5.41, 5.74) is 1.22. The number of nitrogens with one attached hydrogen (secondary N) is 2. The van der Waals surface area contributed by atoms with E-state index in [2.05, 4.69) is 26.6 Å². The number of hydrogen-bond acceptors (Lipinski definition) is 5. The first-order valence-corrected chi connectivity index (χ1v) is 11.9. The molecule has 0 bridgehead atoms. The third-order valence-electron chi connectivity index (χ3n) is 6.77. The molecule has 2 aromatic carbocycles. The molecule has 0 radical (unpaired) electrons. The van der Waals surface area contributed by atoms with E-state index in [-0.39, 0.29) is 23.8 Å². The van der Waals surface area contributed by atoms with E-state index in [1.165, 1.54) is 11.8 Å². The van der Waals surface area contributed by atoms with Crippen LogP contribution in [0.1, 0.15) is 19.4 Å². The molecule has 3 heterocycles. The van der Waals surface area contributed by atoms with E-state index >= 15 is 0 Å². The Morgan fingerprint density at radius 1 is 1.09 bits per heavy atom. The molecule has 9 heteroatoms. The van der Waals surface area contributed by atoms with Crippen LogP contribution in [0.25, 0.3) is 0 Å². The lowest BCUT2D eigenvalue weighted by atomic mass is 9.76. The van der Waals surface area contributed by atoms with Crippen LogP contribution in [-0.4, -0.2) is 41.5 Å². The SMILES string of the molecule is CC(=O)Nc1ccc(N2C(=O)[C@@H]3[C@H](C)N[C@@]4(C(=O)N(CCBr)c5ccccc54)[C@@H]3C2=O)cc1. The summed E-state index contributed by atoms with van der Waals surface area (Å²) in [5.74, 6) is -2.63. The minimum absolute atomic E-state index is 0.202. The van der Waals surface area contributed by atoms with Gasteiger partial charge in [0.15, 0.2) is 0 Å². The van der Waals surface area contributed by atoms with Crippen LogP contribution in [0.3, 0.4) is 0 Å². The molecule has 0 unspecified atom stereocenters. The van der Waals surface area contributed by atoms with Gasteiger partial charge in [0.25, 0.3) is 5.91 Å². The lowest BCUT2D eigenvalue weighted by molar-refractivity contribution is -0.132. The topological polar surface area (TPSA) is 98.8 Å². The highest BCUT2D eigenvalue weighted by Gasteiger charge is 2.70. The highest BCUT2D eigenvalue weighted by Crippen LogP contribution is 2.54. The predicted octanol–water partition coefficient (Wildman–Crippen LogP) is 2.38. The first-order valence-electron chi connectivity index (χ1n) is 10.8. The number of benzene rings is 2. The average molecular weight is 511 g/mol. The van der Waals surface area contributed by atoms with Crippen LogP contribution in [-0.2, 0) is 24.7 Å². The van der Waals surface area contributed by atoms with Crippen molar-refractivity contribution in [1.29, 1.82) is 0 Å². The van der Waals surface area contributed by atoms with Crippen LogP contribution in [0.5, 0.6) is 0 Å². The minimum atomic E-state index is -1.28. The molecule has 170 valence electrons. The van der Waals surface area contributed by atoms with Crippen LogP contribution in [0.15, 0.2) is 48.5 Å². The maximum atomic E-state index is 13.8. The van der Waals surface area contributed by atoms with Crippen molar-refractivity contribution in [2.45, 2.75) is 25.4 Å². The highest BCUT2D eigenvalue weighted by atomic mass is 79.9. The number of imide groups is 1. The van der Waals surface area contributed by atoms with Crippen molar-refractivity contribution in [3.8, 4) is 0 Å². The molecule has 33 heavy (non-hydrogen) atoms. The molecule has 2 fully saturated rings. The van der Waals surface area contributed by atoms with Crippen molar-refractivity contribution in [1.82, 2.24) is 5.32 Å². The second-order valence-electron chi connectivity index (χ2n) is 8.65. The van der Waals surface area contributed by atoms with E-state index in [0.29, 0.717) is 23.2 Å². The zero-order valence-electron chi connectivity index (χ0n) is 18.2. The Kier molecular flexibility index (Phi) is 5.13. The van der Waals surface area contributed by atoms with Crippen molar-refractivity contribution in [2.24, 2.45) is 11.8 Å². The Labute approximate surface area is 199 Å². The largest absolute Gasteiger partial charge is 0.326 e. The molecule has 0 aromatic heterocycles. The number of hydrogen-bond donors (Lipinski definition) is 2. The Balaban J connectivity index is 1.58. The van der Waals surface area contributed by atoms with Gasteiger partial charge in [-0.15, -0.1) is 0 Å². The molecule has 2 saturated heterocycles. The fourth-order valence-electron chi connectivity index (χ4n) is 5.57. The number of anilines is 3. The molecule has 2 N–H and O–H groups in total. The summed E-state index contributed by atoms with van der Waals surface area (Å²) in [6, 6.07) is 13.7. The standard InChI is InChI=1S/C24H23BrN4O4/c1-13-19-20(22(32)29(21(19)31)16-9-7-15(8-10-16)26-14(2)30)24(27-13)17-5-3-4-6-18(17)28(12-11-25)23(24)33/h3-10,13,19-20,27H,11-12H2,1-2H3,(H,26,30)/t13-,19+,20-,24+/m0/s1. The molecule has 0 saturated carbocycles. The fourth-order valence-corrected chi connectivity index (χ4v) is 5.92. The van der Waals surface area contributed by atoms with Gasteiger partial charge >= 0.3 is 0 Å².